The zero-order chi connectivity index (χ0) is 13.3. The van der Waals surface area contributed by atoms with Crippen LogP contribution in [-0.4, -0.2) is 14.5 Å². The second-order valence-corrected chi connectivity index (χ2v) is 4.09. The number of pyridine rings is 1. The molecule has 0 saturated heterocycles. The monoisotopic (exact) mass is 269 g/mol. The minimum absolute atomic E-state index is 0.102. The fraction of sp³-hybridized carbons (Fsp3) is 0.182. The molecule has 0 amide bonds. The standard InChI is InChI=1S/C11H9ClFN3O2/c1-6-3-2-4-14-7(6)5-16-10(17)8(13)9(12)15-11(16)18/h2-4H,5H2,1H3,(H,15,18). The van der Waals surface area contributed by atoms with Gasteiger partial charge in [-0.15, -0.1) is 0 Å². The molecule has 0 aliphatic rings. The Morgan fingerprint density at radius 3 is 2.89 bits per heavy atom. The van der Waals surface area contributed by atoms with Gasteiger partial charge in [0.25, 0.3) is 5.56 Å². The Hall–Kier alpha value is -1.95. The Morgan fingerprint density at radius 2 is 2.22 bits per heavy atom. The lowest BCUT2D eigenvalue weighted by atomic mass is 10.2. The maximum Gasteiger partial charge on any atom is 0.330 e. The van der Waals surface area contributed by atoms with Gasteiger partial charge in [0.1, 0.15) is 0 Å². The smallest absolute Gasteiger partial charge is 0.295 e. The Labute approximate surface area is 106 Å². The summed E-state index contributed by atoms with van der Waals surface area (Å²) in [6.45, 7) is 1.68. The van der Waals surface area contributed by atoms with Gasteiger partial charge in [-0.05, 0) is 18.6 Å². The lowest BCUT2D eigenvalue weighted by Crippen LogP contribution is -2.37. The number of rotatable bonds is 2. The first-order valence-corrected chi connectivity index (χ1v) is 5.47. The molecule has 0 bridgehead atoms. The van der Waals surface area contributed by atoms with Gasteiger partial charge in [-0.1, -0.05) is 17.7 Å². The summed E-state index contributed by atoms with van der Waals surface area (Å²) in [7, 11) is 0. The average Bonchev–Trinajstić information content (AvgIpc) is 2.34. The molecule has 0 aliphatic heterocycles. The normalized spacial score (nSPS) is 10.6. The summed E-state index contributed by atoms with van der Waals surface area (Å²) < 4.78 is 14.0. The molecular weight excluding hydrogens is 261 g/mol. The van der Waals surface area contributed by atoms with E-state index < -0.39 is 22.2 Å². The molecule has 0 radical (unpaired) electrons. The van der Waals surface area contributed by atoms with Gasteiger partial charge in [-0.3, -0.25) is 19.3 Å². The molecule has 5 nitrogen and oxygen atoms in total. The van der Waals surface area contributed by atoms with Gasteiger partial charge in [0.05, 0.1) is 12.2 Å². The van der Waals surface area contributed by atoms with Gasteiger partial charge in [0.2, 0.25) is 5.82 Å². The molecule has 0 aliphatic carbocycles. The van der Waals surface area contributed by atoms with E-state index in [2.05, 4.69) is 9.97 Å². The van der Waals surface area contributed by atoms with Crippen molar-refractivity contribution in [3.05, 3.63) is 61.4 Å². The molecular formula is C11H9ClFN3O2. The Morgan fingerprint density at radius 1 is 1.50 bits per heavy atom. The summed E-state index contributed by atoms with van der Waals surface area (Å²) in [6.07, 6.45) is 1.54. The van der Waals surface area contributed by atoms with Crippen molar-refractivity contribution in [2.24, 2.45) is 0 Å². The second-order valence-electron chi connectivity index (χ2n) is 3.72. The molecule has 0 fully saturated rings. The zero-order valence-corrected chi connectivity index (χ0v) is 10.2. The molecule has 0 saturated carbocycles. The quantitative estimate of drug-likeness (QED) is 0.830. The molecule has 0 unspecified atom stereocenters. The summed E-state index contributed by atoms with van der Waals surface area (Å²) in [4.78, 5) is 29.2. The third-order valence-corrected chi connectivity index (χ3v) is 2.77. The first-order chi connectivity index (χ1) is 8.50. The molecule has 7 heteroatoms. The topological polar surface area (TPSA) is 67.8 Å². The highest BCUT2D eigenvalue weighted by atomic mass is 35.5. The van der Waals surface area contributed by atoms with Crippen molar-refractivity contribution in [2.75, 3.05) is 0 Å². The molecule has 94 valence electrons. The van der Waals surface area contributed by atoms with E-state index in [4.69, 9.17) is 11.6 Å². The number of nitrogens with zero attached hydrogens (tertiary/aromatic N) is 2. The number of aromatic amines is 1. The Balaban J connectivity index is 2.55. The van der Waals surface area contributed by atoms with Gasteiger partial charge >= 0.3 is 5.69 Å². The van der Waals surface area contributed by atoms with Gasteiger partial charge in [-0.2, -0.15) is 4.39 Å². The molecule has 0 atom stereocenters. The van der Waals surface area contributed by atoms with Crippen molar-refractivity contribution < 1.29 is 4.39 Å². The van der Waals surface area contributed by atoms with Crippen LogP contribution in [0.4, 0.5) is 4.39 Å². The SMILES string of the molecule is Cc1cccnc1Cn1c(=O)[nH]c(Cl)c(F)c1=O. The van der Waals surface area contributed by atoms with Crippen LogP contribution < -0.4 is 11.2 Å². The van der Waals surface area contributed by atoms with Gasteiger partial charge < -0.3 is 0 Å². The van der Waals surface area contributed by atoms with Crippen molar-refractivity contribution in [2.45, 2.75) is 13.5 Å². The van der Waals surface area contributed by atoms with Crippen LogP contribution in [0.15, 0.2) is 27.9 Å². The summed E-state index contributed by atoms with van der Waals surface area (Å²) in [6, 6.07) is 3.52. The predicted octanol–water partition coefficient (Wildman–Crippen LogP) is 1.08. The third kappa shape index (κ3) is 2.19. The summed E-state index contributed by atoms with van der Waals surface area (Å²) in [5.74, 6) is -1.18. The van der Waals surface area contributed by atoms with Crippen LogP contribution in [0.2, 0.25) is 5.15 Å². The predicted molar refractivity (Wildman–Crippen MR) is 64.4 cm³/mol. The molecule has 2 aromatic rings. The number of aromatic nitrogens is 3. The highest BCUT2D eigenvalue weighted by molar-refractivity contribution is 6.29. The number of H-pyrrole nitrogens is 1. The fourth-order valence-corrected chi connectivity index (χ4v) is 1.66. The number of aryl methyl sites for hydroxylation is 1. The van der Waals surface area contributed by atoms with E-state index in [0.717, 1.165) is 10.1 Å². The molecule has 0 spiro atoms. The van der Waals surface area contributed by atoms with Gasteiger partial charge in [0, 0.05) is 6.20 Å². The van der Waals surface area contributed by atoms with Crippen molar-refractivity contribution in [1.82, 2.24) is 14.5 Å². The Kier molecular flexibility index (Phi) is 3.29. The fourth-order valence-electron chi connectivity index (χ4n) is 1.50. The first kappa shape index (κ1) is 12.5. The van der Waals surface area contributed by atoms with Crippen LogP contribution in [0.5, 0.6) is 0 Å². The highest BCUT2D eigenvalue weighted by Crippen LogP contribution is 2.05. The van der Waals surface area contributed by atoms with E-state index in [1.165, 1.54) is 6.20 Å². The maximum absolute atomic E-state index is 13.3. The highest BCUT2D eigenvalue weighted by Gasteiger charge is 2.13. The first-order valence-electron chi connectivity index (χ1n) is 5.09. The van der Waals surface area contributed by atoms with E-state index >= 15 is 0 Å². The van der Waals surface area contributed by atoms with Gasteiger partial charge in [-0.25, -0.2) is 4.79 Å². The number of hydrogen-bond donors (Lipinski definition) is 1. The molecule has 2 aromatic heterocycles. The molecule has 0 aromatic carbocycles. The second kappa shape index (κ2) is 4.73. The average molecular weight is 270 g/mol. The van der Waals surface area contributed by atoms with Crippen molar-refractivity contribution in [1.29, 1.82) is 0 Å². The summed E-state index contributed by atoms with van der Waals surface area (Å²) in [5, 5.41) is -0.584. The van der Waals surface area contributed by atoms with Crippen LogP contribution in [0, 0.1) is 12.7 Å². The van der Waals surface area contributed by atoms with Crippen LogP contribution in [0.3, 0.4) is 0 Å². The summed E-state index contributed by atoms with van der Waals surface area (Å²) in [5.41, 5.74) is -0.503. The van der Waals surface area contributed by atoms with E-state index in [1.807, 2.05) is 0 Å². The van der Waals surface area contributed by atoms with E-state index in [0.29, 0.717) is 5.69 Å². The van der Waals surface area contributed by atoms with Crippen LogP contribution >= 0.6 is 11.6 Å². The number of nitrogens with one attached hydrogen (secondary N) is 1. The van der Waals surface area contributed by atoms with Crippen molar-refractivity contribution in [3.63, 3.8) is 0 Å². The molecule has 2 rings (SSSR count). The van der Waals surface area contributed by atoms with Crippen molar-refractivity contribution >= 4 is 11.6 Å². The number of halogens is 2. The third-order valence-electron chi connectivity index (χ3n) is 2.51. The van der Waals surface area contributed by atoms with Crippen LogP contribution in [-0.2, 0) is 6.54 Å². The van der Waals surface area contributed by atoms with E-state index in [-0.39, 0.29) is 6.54 Å². The lowest BCUT2D eigenvalue weighted by molar-refractivity contribution is 0.555. The minimum atomic E-state index is -1.18. The minimum Gasteiger partial charge on any atom is -0.295 e. The van der Waals surface area contributed by atoms with Crippen LogP contribution in [0.25, 0.3) is 0 Å². The molecule has 1 N–H and O–H groups in total. The van der Waals surface area contributed by atoms with Crippen molar-refractivity contribution in [3.8, 4) is 0 Å². The lowest BCUT2D eigenvalue weighted by Gasteiger charge is -2.06. The molecule has 2 heterocycles. The zero-order valence-electron chi connectivity index (χ0n) is 9.41. The number of hydrogen-bond acceptors (Lipinski definition) is 3. The molecule has 18 heavy (non-hydrogen) atoms. The summed E-state index contributed by atoms with van der Waals surface area (Å²) >= 11 is 5.37. The maximum atomic E-state index is 13.3. The largest absolute Gasteiger partial charge is 0.330 e. The van der Waals surface area contributed by atoms with E-state index in [9.17, 15) is 14.0 Å². The van der Waals surface area contributed by atoms with Gasteiger partial charge in [0.15, 0.2) is 5.15 Å². The van der Waals surface area contributed by atoms with Crippen LogP contribution in [0.1, 0.15) is 11.3 Å². The Bertz CT molecular complexity index is 708. The van der Waals surface area contributed by atoms with E-state index in [1.54, 1.807) is 19.1 Å².